The van der Waals surface area contributed by atoms with Crippen molar-refractivity contribution in [1.82, 2.24) is 24.5 Å². The Labute approximate surface area is 121 Å². The van der Waals surface area contributed by atoms with E-state index in [4.69, 9.17) is 0 Å². The van der Waals surface area contributed by atoms with Gasteiger partial charge in [0.15, 0.2) is 0 Å². The Morgan fingerprint density at radius 1 is 1.43 bits per heavy atom. The van der Waals surface area contributed by atoms with E-state index >= 15 is 0 Å². The van der Waals surface area contributed by atoms with Crippen molar-refractivity contribution < 1.29 is 8.42 Å². The van der Waals surface area contributed by atoms with Crippen molar-refractivity contribution in [3.63, 3.8) is 0 Å². The first-order chi connectivity index (χ1) is 9.98. The normalized spacial score (nSPS) is 20.0. The van der Waals surface area contributed by atoms with Crippen LogP contribution in [0.4, 0.5) is 0 Å². The Morgan fingerprint density at radius 3 is 2.90 bits per heavy atom. The van der Waals surface area contributed by atoms with Crippen LogP contribution in [0.25, 0.3) is 0 Å². The van der Waals surface area contributed by atoms with Gasteiger partial charge in [-0.3, -0.25) is 9.89 Å². The maximum Gasteiger partial charge on any atom is 0.251 e. The van der Waals surface area contributed by atoms with Gasteiger partial charge in [-0.15, -0.1) is 0 Å². The van der Waals surface area contributed by atoms with Crippen molar-refractivity contribution in [2.75, 3.05) is 6.54 Å². The van der Waals surface area contributed by atoms with Crippen molar-refractivity contribution >= 4 is 10.0 Å². The lowest BCUT2D eigenvalue weighted by Gasteiger charge is -2.22. The molecule has 0 saturated carbocycles. The molecule has 9 heteroatoms. The fourth-order valence-corrected chi connectivity index (χ4v) is 4.19. The number of aromatic nitrogens is 4. The van der Waals surface area contributed by atoms with Crippen LogP contribution in [-0.4, -0.2) is 39.4 Å². The molecule has 0 bridgehead atoms. The van der Waals surface area contributed by atoms with Crippen molar-refractivity contribution in [2.24, 2.45) is 0 Å². The molecule has 0 aromatic carbocycles. The van der Waals surface area contributed by atoms with Crippen LogP contribution in [0.15, 0.2) is 28.2 Å². The lowest BCUT2D eigenvalue weighted by Crippen LogP contribution is -2.31. The SMILES string of the molecule is Cc1nc([C@H]2CCCN2S(=O)(=O)c2cn[nH]c2)cc(=O)[nH]1. The Balaban J connectivity index is 2.02. The van der Waals surface area contributed by atoms with Crippen molar-refractivity contribution in [3.05, 3.63) is 40.3 Å². The van der Waals surface area contributed by atoms with E-state index in [1.165, 1.54) is 22.8 Å². The van der Waals surface area contributed by atoms with Crippen LogP contribution in [0.2, 0.25) is 0 Å². The van der Waals surface area contributed by atoms with Crippen molar-refractivity contribution in [1.29, 1.82) is 0 Å². The molecule has 0 spiro atoms. The molecule has 2 N–H and O–H groups in total. The van der Waals surface area contributed by atoms with Crippen LogP contribution in [-0.2, 0) is 10.0 Å². The molecule has 112 valence electrons. The molecule has 21 heavy (non-hydrogen) atoms. The highest BCUT2D eigenvalue weighted by Gasteiger charge is 2.37. The Hall–Kier alpha value is -2.00. The van der Waals surface area contributed by atoms with Gasteiger partial charge in [-0.1, -0.05) is 0 Å². The van der Waals surface area contributed by atoms with E-state index in [1.807, 2.05) is 0 Å². The smallest absolute Gasteiger partial charge is 0.251 e. The van der Waals surface area contributed by atoms with Crippen LogP contribution in [0.1, 0.15) is 30.4 Å². The molecule has 1 aliphatic rings. The summed E-state index contributed by atoms with van der Waals surface area (Å²) >= 11 is 0. The number of H-pyrrole nitrogens is 2. The summed E-state index contributed by atoms with van der Waals surface area (Å²) in [5.74, 6) is 0.477. The Morgan fingerprint density at radius 2 is 2.24 bits per heavy atom. The highest BCUT2D eigenvalue weighted by Crippen LogP contribution is 2.34. The molecular formula is C12H15N5O3S. The first-order valence-electron chi connectivity index (χ1n) is 6.57. The standard InChI is InChI=1S/C12H15N5O3S/c1-8-15-10(5-12(18)16-8)11-3-2-4-17(11)21(19,20)9-6-13-14-7-9/h5-7,11H,2-4H2,1H3,(H,13,14)(H,15,16,18)/t11-/m1/s1. The molecule has 3 heterocycles. The first-order valence-corrected chi connectivity index (χ1v) is 8.01. The number of sulfonamides is 1. The predicted molar refractivity (Wildman–Crippen MR) is 74.0 cm³/mol. The summed E-state index contributed by atoms with van der Waals surface area (Å²) in [6.45, 7) is 2.08. The lowest BCUT2D eigenvalue weighted by molar-refractivity contribution is 0.389. The molecule has 3 rings (SSSR count). The van der Waals surface area contributed by atoms with Gasteiger partial charge in [0, 0.05) is 18.8 Å². The van der Waals surface area contributed by atoms with Crippen LogP contribution in [0.3, 0.4) is 0 Å². The summed E-state index contributed by atoms with van der Waals surface area (Å²) in [7, 11) is -3.63. The quantitative estimate of drug-likeness (QED) is 0.848. The van der Waals surface area contributed by atoms with Crippen LogP contribution < -0.4 is 5.56 Å². The van der Waals surface area contributed by atoms with Gasteiger partial charge in [-0.25, -0.2) is 13.4 Å². The maximum absolute atomic E-state index is 12.6. The highest BCUT2D eigenvalue weighted by molar-refractivity contribution is 7.89. The molecule has 8 nitrogen and oxygen atoms in total. The third kappa shape index (κ3) is 2.49. The van der Waals surface area contributed by atoms with Crippen LogP contribution in [0.5, 0.6) is 0 Å². The van der Waals surface area contributed by atoms with E-state index in [0.29, 0.717) is 24.5 Å². The third-order valence-electron chi connectivity index (χ3n) is 3.50. The average Bonchev–Trinajstić information content (AvgIpc) is 3.10. The fourth-order valence-electron chi connectivity index (χ4n) is 2.61. The Kier molecular flexibility index (Phi) is 3.38. The maximum atomic E-state index is 12.6. The van der Waals surface area contributed by atoms with Gasteiger partial charge in [0.05, 0.1) is 17.9 Å². The molecule has 0 radical (unpaired) electrons. The molecule has 0 aliphatic carbocycles. The number of hydrogen-bond acceptors (Lipinski definition) is 5. The van der Waals surface area contributed by atoms with Gasteiger partial charge >= 0.3 is 0 Å². The van der Waals surface area contributed by atoms with Crippen molar-refractivity contribution in [2.45, 2.75) is 30.7 Å². The minimum atomic E-state index is -3.63. The number of rotatable bonds is 3. The minimum Gasteiger partial charge on any atom is -0.311 e. The summed E-state index contributed by atoms with van der Waals surface area (Å²) in [6, 6.07) is 0.951. The van der Waals surface area contributed by atoms with Gasteiger partial charge < -0.3 is 4.98 Å². The zero-order valence-electron chi connectivity index (χ0n) is 11.4. The van der Waals surface area contributed by atoms with E-state index in [9.17, 15) is 13.2 Å². The third-order valence-corrected chi connectivity index (χ3v) is 5.38. The topological polar surface area (TPSA) is 112 Å². The van der Waals surface area contributed by atoms with Crippen LogP contribution >= 0.6 is 0 Å². The van der Waals surface area contributed by atoms with E-state index in [0.717, 1.165) is 6.42 Å². The van der Waals surface area contributed by atoms with Gasteiger partial charge in [0.25, 0.3) is 5.56 Å². The molecule has 1 aliphatic heterocycles. The summed E-state index contributed by atoms with van der Waals surface area (Å²) in [5, 5.41) is 6.19. The molecule has 0 unspecified atom stereocenters. The highest BCUT2D eigenvalue weighted by atomic mass is 32.2. The second kappa shape index (κ2) is 5.08. The Bertz CT molecular complexity index is 797. The second-order valence-corrected chi connectivity index (χ2v) is 6.85. The number of aryl methyl sites for hydroxylation is 1. The molecule has 2 aromatic heterocycles. The molecule has 1 fully saturated rings. The lowest BCUT2D eigenvalue weighted by atomic mass is 10.1. The van der Waals surface area contributed by atoms with Gasteiger partial charge in [-0.05, 0) is 19.8 Å². The van der Waals surface area contributed by atoms with Crippen molar-refractivity contribution in [3.8, 4) is 0 Å². The van der Waals surface area contributed by atoms with Crippen LogP contribution in [0, 0.1) is 6.92 Å². The molecular weight excluding hydrogens is 294 g/mol. The number of hydrogen-bond donors (Lipinski definition) is 2. The van der Waals surface area contributed by atoms with E-state index in [1.54, 1.807) is 6.92 Å². The molecule has 0 amide bonds. The second-order valence-electron chi connectivity index (χ2n) is 4.96. The number of nitrogens with zero attached hydrogens (tertiary/aromatic N) is 3. The molecule has 1 atom stereocenters. The largest absolute Gasteiger partial charge is 0.311 e. The van der Waals surface area contributed by atoms with E-state index in [-0.39, 0.29) is 10.5 Å². The van der Waals surface area contributed by atoms with E-state index in [2.05, 4.69) is 20.2 Å². The molecule has 1 saturated heterocycles. The summed E-state index contributed by atoms with van der Waals surface area (Å²) in [5.41, 5.74) is 0.214. The van der Waals surface area contributed by atoms with Gasteiger partial charge in [0.1, 0.15) is 10.7 Å². The fraction of sp³-hybridized carbons (Fsp3) is 0.417. The molecule has 2 aromatic rings. The summed E-state index contributed by atoms with van der Waals surface area (Å²) < 4.78 is 26.6. The zero-order chi connectivity index (χ0) is 15.0. The number of nitrogens with one attached hydrogen (secondary N) is 2. The zero-order valence-corrected chi connectivity index (χ0v) is 12.2. The number of aromatic amines is 2. The first kappa shape index (κ1) is 14.0. The van der Waals surface area contributed by atoms with E-state index < -0.39 is 16.1 Å². The average molecular weight is 309 g/mol. The minimum absolute atomic E-state index is 0.121. The summed E-state index contributed by atoms with van der Waals surface area (Å²) in [4.78, 5) is 18.5. The van der Waals surface area contributed by atoms with Gasteiger partial charge in [-0.2, -0.15) is 9.40 Å². The monoisotopic (exact) mass is 309 g/mol. The van der Waals surface area contributed by atoms with Gasteiger partial charge in [0.2, 0.25) is 10.0 Å². The predicted octanol–water partition coefficient (Wildman–Crippen LogP) is 0.327. The summed E-state index contributed by atoms with van der Waals surface area (Å²) in [6.07, 6.45) is 4.00.